The summed E-state index contributed by atoms with van der Waals surface area (Å²) in [6.07, 6.45) is 1.80. The molecule has 1 aromatic rings. The first kappa shape index (κ1) is 11.5. The van der Waals surface area contributed by atoms with Crippen molar-refractivity contribution < 1.29 is 0 Å². The molecule has 1 aromatic carbocycles. The molecule has 1 unspecified atom stereocenters. The average molecular weight is 228 g/mol. The van der Waals surface area contributed by atoms with Gasteiger partial charge in [-0.25, -0.2) is 0 Å². The number of hydrogen-bond acceptors (Lipinski definition) is 1. The van der Waals surface area contributed by atoms with Gasteiger partial charge in [-0.05, 0) is 30.0 Å². The summed E-state index contributed by atoms with van der Waals surface area (Å²) >= 11 is 10.7. The zero-order valence-corrected chi connectivity index (χ0v) is 9.74. The van der Waals surface area contributed by atoms with Crippen LogP contribution in [-0.2, 0) is 6.42 Å². The predicted molar refractivity (Wildman–Crippen MR) is 65.7 cm³/mol. The Kier molecular flexibility index (Phi) is 4.36. The van der Waals surface area contributed by atoms with Crippen molar-refractivity contribution in [3.05, 3.63) is 34.9 Å². The summed E-state index contributed by atoms with van der Waals surface area (Å²) in [6.45, 7) is 2.15. The zero-order valence-electron chi connectivity index (χ0n) is 8.16. The Labute approximate surface area is 95.3 Å². The van der Waals surface area contributed by atoms with Gasteiger partial charge in [-0.2, -0.15) is 0 Å². The Hall–Kier alpha value is -0.600. The van der Waals surface area contributed by atoms with E-state index in [-0.39, 0.29) is 0 Å². The highest BCUT2D eigenvalue weighted by atomic mass is 35.5. The standard InChI is InChI=1S/C11H14ClNS/c1-8(7-11(13)14)6-9-2-4-10(12)5-3-9/h2-5,8H,6-7H2,1H3,(H2,13,14). The van der Waals surface area contributed by atoms with Crippen LogP contribution in [0.15, 0.2) is 24.3 Å². The first-order chi connectivity index (χ1) is 6.58. The van der Waals surface area contributed by atoms with E-state index in [1.54, 1.807) is 0 Å². The minimum Gasteiger partial charge on any atom is -0.393 e. The third kappa shape index (κ3) is 4.07. The van der Waals surface area contributed by atoms with Crippen LogP contribution < -0.4 is 5.73 Å². The maximum atomic E-state index is 5.79. The first-order valence-electron chi connectivity index (χ1n) is 4.60. The molecule has 76 valence electrons. The van der Waals surface area contributed by atoms with Crippen LogP contribution in [0.25, 0.3) is 0 Å². The molecule has 0 radical (unpaired) electrons. The van der Waals surface area contributed by atoms with Crippen molar-refractivity contribution in [1.29, 1.82) is 0 Å². The smallest absolute Gasteiger partial charge is 0.0730 e. The lowest BCUT2D eigenvalue weighted by Crippen LogP contribution is -2.13. The predicted octanol–water partition coefficient (Wildman–Crippen LogP) is 3.19. The second-order valence-electron chi connectivity index (χ2n) is 3.61. The molecule has 0 aliphatic rings. The molecule has 0 bridgehead atoms. The van der Waals surface area contributed by atoms with Crippen molar-refractivity contribution >= 4 is 28.8 Å². The molecule has 0 aromatic heterocycles. The number of hydrogen-bond donors (Lipinski definition) is 1. The summed E-state index contributed by atoms with van der Waals surface area (Å²) in [7, 11) is 0. The van der Waals surface area contributed by atoms with Crippen molar-refractivity contribution in [2.45, 2.75) is 19.8 Å². The van der Waals surface area contributed by atoms with Gasteiger partial charge in [0.15, 0.2) is 0 Å². The maximum absolute atomic E-state index is 5.79. The quantitative estimate of drug-likeness (QED) is 0.800. The highest BCUT2D eigenvalue weighted by Crippen LogP contribution is 2.14. The monoisotopic (exact) mass is 227 g/mol. The molecule has 0 saturated carbocycles. The van der Waals surface area contributed by atoms with Gasteiger partial charge in [0.05, 0.1) is 4.99 Å². The lowest BCUT2D eigenvalue weighted by Gasteiger charge is -2.09. The minimum atomic E-state index is 0.494. The fraction of sp³-hybridized carbons (Fsp3) is 0.364. The van der Waals surface area contributed by atoms with E-state index >= 15 is 0 Å². The topological polar surface area (TPSA) is 26.0 Å². The van der Waals surface area contributed by atoms with Crippen LogP contribution in [0.4, 0.5) is 0 Å². The molecule has 0 heterocycles. The molecule has 1 nitrogen and oxygen atoms in total. The molecule has 0 fully saturated rings. The van der Waals surface area contributed by atoms with Crippen LogP contribution in [-0.4, -0.2) is 4.99 Å². The van der Waals surface area contributed by atoms with Crippen LogP contribution in [0.2, 0.25) is 5.02 Å². The second kappa shape index (κ2) is 5.32. The van der Waals surface area contributed by atoms with Gasteiger partial charge in [-0.15, -0.1) is 0 Å². The molecule has 0 aliphatic carbocycles. The third-order valence-electron chi connectivity index (χ3n) is 2.05. The Balaban J connectivity index is 2.51. The molecule has 0 amide bonds. The molecule has 2 N–H and O–H groups in total. The lowest BCUT2D eigenvalue weighted by atomic mass is 9.98. The van der Waals surface area contributed by atoms with Crippen LogP contribution >= 0.6 is 23.8 Å². The molecule has 0 spiro atoms. The van der Waals surface area contributed by atoms with Crippen molar-refractivity contribution in [2.24, 2.45) is 11.7 Å². The summed E-state index contributed by atoms with van der Waals surface area (Å²) in [6, 6.07) is 7.89. The Morgan fingerprint density at radius 1 is 1.43 bits per heavy atom. The highest BCUT2D eigenvalue weighted by Gasteiger charge is 2.04. The number of halogens is 1. The van der Waals surface area contributed by atoms with Gasteiger partial charge in [0.2, 0.25) is 0 Å². The van der Waals surface area contributed by atoms with E-state index in [0.29, 0.717) is 10.9 Å². The molecule has 1 atom stereocenters. The van der Waals surface area contributed by atoms with E-state index in [9.17, 15) is 0 Å². The van der Waals surface area contributed by atoms with E-state index in [2.05, 4.69) is 6.92 Å². The molecular formula is C11H14ClNS. The van der Waals surface area contributed by atoms with Crippen molar-refractivity contribution in [1.82, 2.24) is 0 Å². The van der Waals surface area contributed by atoms with Gasteiger partial charge in [0, 0.05) is 11.4 Å². The van der Waals surface area contributed by atoms with Crippen LogP contribution in [0.5, 0.6) is 0 Å². The van der Waals surface area contributed by atoms with Gasteiger partial charge < -0.3 is 5.73 Å². The largest absolute Gasteiger partial charge is 0.393 e. The SMILES string of the molecule is CC(CC(N)=S)Cc1ccc(Cl)cc1. The summed E-state index contributed by atoms with van der Waals surface area (Å²) in [5.41, 5.74) is 6.76. The van der Waals surface area contributed by atoms with Crippen LogP contribution in [0.3, 0.4) is 0 Å². The van der Waals surface area contributed by atoms with Crippen molar-refractivity contribution in [3.8, 4) is 0 Å². The van der Waals surface area contributed by atoms with Gasteiger partial charge >= 0.3 is 0 Å². The van der Waals surface area contributed by atoms with Gasteiger partial charge in [-0.3, -0.25) is 0 Å². The molecule has 14 heavy (non-hydrogen) atoms. The number of thiocarbonyl (C=S) groups is 1. The molecule has 0 aliphatic heterocycles. The van der Waals surface area contributed by atoms with E-state index in [1.807, 2.05) is 24.3 Å². The van der Waals surface area contributed by atoms with E-state index < -0.39 is 0 Å². The third-order valence-corrected chi connectivity index (χ3v) is 2.47. The fourth-order valence-electron chi connectivity index (χ4n) is 1.44. The summed E-state index contributed by atoms with van der Waals surface area (Å²) in [5.74, 6) is 0.494. The van der Waals surface area contributed by atoms with E-state index in [0.717, 1.165) is 17.9 Å². The fourth-order valence-corrected chi connectivity index (χ4v) is 1.85. The minimum absolute atomic E-state index is 0.494. The second-order valence-corrected chi connectivity index (χ2v) is 4.57. The Morgan fingerprint density at radius 2 is 2.00 bits per heavy atom. The van der Waals surface area contributed by atoms with Gasteiger partial charge in [-0.1, -0.05) is 42.9 Å². The Bertz CT molecular complexity index is 308. The Morgan fingerprint density at radius 3 is 2.50 bits per heavy atom. The molecule has 3 heteroatoms. The normalized spacial score (nSPS) is 12.4. The number of benzene rings is 1. The molecular weight excluding hydrogens is 214 g/mol. The van der Waals surface area contributed by atoms with Crippen molar-refractivity contribution in [2.75, 3.05) is 0 Å². The highest BCUT2D eigenvalue weighted by molar-refractivity contribution is 7.80. The van der Waals surface area contributed by atoms with Gasteiger partial charge in [0.1, 0.15) is 0 Å². The van der Waals surface area contributed by atoms with Crippen LogP contribution in [0, 0.1) is 5.92 Å². The molecule has 0 saturated heterocycles. The van der Waals surface area contributed by atoms with Crippen LogP contribution in [0.1, 0.15) is 18.9 Å². The van der Waals surface area contributed by atoms with E-state index in [4.69, 9.17) is 29.6 Å². The van der Waals surface area contributed by atoms with E-state index in [1.165, 1.54) is 5.56 Å². The van der Waals surface area contributed by atoms with Crippen molar-refractivity contribution in [3.63, 3.8) is 0 Å². The molecule has 1 rings (SSSR count). The summed E-state index contributed by atoms with van der Waals surface area (Å²) in [4.78, 5) is 0.589. The lowest BCUT2D eigenvalue weighted by molar-refractivity contribution is 0.607. The summed E-state index contributed by atoms with van der Waals surface area (Å²) < 4.78 is 0. The number of nitrogens with two attached hydrogens (primary N) is 1. The zero-order chi connectivity index (χ0) is 10.6. The maximum Gasteiger partial charge on any atom is 0.0730 e. The average Bonchev–Trinajstić information content (AvgIpc) is 2.07. The van der Waals surface area contributed by atoms with Gasteiger partial charge in [0.25, 0.3) is 0 Å². The number of rotatable bonds is 4. The first-order valence-corrected chi connectivity index (χ1v) is 5.39. The summed E-state index contributed by atoms with van der Waals surface area (Å²) in [5, 5.41) is 0.774.